The van der Waals surface area contributed by atoms with Crippen LogP contribution in [0.25, 0.3) is 133 Å². The summed E-state index contributed by atoms with van der Waals surface area (Å²) in [7, 11) is 0. The van der Waals surface area contributed by atoms with Crippen LogP contribution < -0.4 is 0 Å². The van der Waals surface area contributed by atoms with Gasteiger partial charge in [0.05, 0.1) is 44.1 Å². The van der Waals surface area contributed by atoms with Crippen molar-refractivity contribution in [3.63, 3.8) is 0 Å². The average molecular weight is 922 g/mol. The summed E-state index contributed by atoms with van der Waals surface area (Å²) in [6, 6.07) is 83.9. The predicted octanol–water partition coefficient (Wildman–Crippen LogP) is 15.0. The molecule has 0 spiro atoms. The van der Waals surface area contributed by atoms with E-state index in [1.165, 1.54) is 0 Å². The number of benzene rings is 9. The van der Waals surface area contributed by atoms with Crippen LogP contribution in [-0.2, 0) is 0 Å². The van der Waals surface area contributed by atoms with Gasteiger partial charge in [-0.05, 0) is 72.8 Å². The van der Waals surface area contributed by atoms with E-state index < -0.39 is 0 Å². The van der Waals surface area contributed by atoms with Gasteiger partial charge < -0.3 is 4.57 Å². The van der Waals surface area contributed by atoms with Gasteiger partial charge in [0.1, 0.15) is 11.3 Å². The number of hydrogen-bond donors (Lipinski definition) is 0. The second-order valence-corrected chi connectivity index (χ2v) is 18.5. The van der Waals surface area contributed by atoms with E-state index in [1.807, 2.05) is 0 Å². The predicted molar refractivity (Wildman–Crippen MR) is 293 cm³/mol. The lowest BCUT2D eigenvalue weighted by molar-refractivity contribution is 0.837. The van der Waals surface area contributed by atoms with Crippen molar-refractivity contribution in [2.75, 3.05) is 0 Å². The Morgan fingerprint density at radius 1 is 0.208 bits per heavy atom. The average Bonchev–Trinajstić information content (AvgIpc) is 4.28. The molecule has 0 radical (unpaired) electrons. The minimum Gasteiger partial charge on any atom is -0.307 e. The molecule has 7 aromatic heterocycles. The molecule has 0 fully saturated rings. The Kier molecular flexibility index (Phi) is 7.98. The summed E-state index contributed by atoms with van der Waals surface area (Å²) in [5.74, 6) is 1.48. The molecule has 336 valence electrons. The number of para-hydroxylation sites is 9. The monoisotopic (exact) mass is 921 g/mol. The van der Waals surface area contributed by atoms with Crippen molar-refractivity contribution in [3.8, 4) is 34.9 Å². The lowest BCUT2D eigenvalue weighted by Gasteiger charge is -2.16. The zero-order valence-corrected chi connectivity index (χ0v) is 38.5. The lowest BCUT2D eigenvalue weighted by atomic mass is 10.1. The first-order valence-electron chi connectivity index (χ1n) is 24.3. The SMILES string of the molecule is c1ccc(-n2c3ccccc3c3c2c2ccccc2n3-c2nc(-n3c4ccccc4c4c5ccccc5n(-c5ccccc5)c43)nc(-n3c4ccccc4c4c5ccccc5n(-c5ccccc5)c43)n2)cc1. The molecule has 9 nitrogen and oxygen atoms in total. The van der Waals surface area contributed by atoms with E-state index in [9.17, 15) is 0 Å². The first-order valence-corrected chi connectivity index (χ1v) is 24.3. The summed E-state index contributed by atoms with van der Waals surface area (Å²) >= 11 is 0. The van der Waals surface area contributed by atoms with E-state index in [2.05, 4.69) is 264 Å². The second kappa shape index (κ2) is 14.8. The van der Waals surface area contributed by atoms with Crippen LogP contribution in [-0.4, -0.2) is 42.4 Å². The van der Waals surface area contributed by atoms with Crippen LogP contribution in [0.15, 0.2) is 237 Å². The maximum atomic E-state index is 5.77. The summed E-state index contributed by atoms with van der Waals surface area (Å²) in [6.45, 7) is 0. The summed E-state index contributed by atoms with van der Waals surface area (Å²) in [4.78, 5) is 17.3. The summed E-state index contributed by atoms with van der Waals surface area (Å²) < 4.78 is 13.9. The maximum Gasteiger partial charge on any atom is 0.242 e. The van der Waals surface area contributed by atoms with Gasteiger partial charge in [0, 0.05) is 60.2 Å². The molecule has 0 aliphatic heterocycles. The van der Waals surface area contributed by atoms with Crippen LogP contribution in [0.2, 0.25) is 0 Å². The highest BCUT2D eigenvalue weighted by Crippen LogP contribution is 2.44. The van der Waals surface area contributed by atoms with Crippen molar-refractivity contribution in [2.24, 2.45) is 0 Å². The molecule has 0 saturated heterocycles. The fraction of sp³-hybridized carbons (Fsp3) is 0. The molecule has 0 saturated carbocycles. The molecule has 16 aromatic rings. The fourth-order valence-corrected chi connectivity index (χ4v) is 11.9. The highest BCUT2D eigenvalue weighted by molar-refractivity contribution is 6.24. The lowest BCUT2D eigenvalue weighted by Crippen LogP contribution is -2.14. The van der Waals surface area contributed by atoms with E-state index in [-0.39, 0.29) is 0 Å². The zero-order valence-electron chi connectivity index (χ0n) is 38.5. The normalized spacial score (nSPS) is 12.2. The van der Waals surface area contributed by atoms with Crippen molar-refractivity contribution >= 4 is 98.5 Å². The quantitative estimate of drug-likeness (QED) is 0.167. The first kappa shape index (κ1) is 38.9. The van der Waals surface area contributed by atoms with Crippen molar-refractivity contribution in [1.82, 2.24) is 42.4 Å². The number of nitrogens with zero attached hydrogens (tertiary/aromatic N) is 9. The number of aromatic nitrogens is 9. The highest BCUT2D eigenvalue weighted by Gasteiger charge is 2.29. The Balaban J connectivity index is 1.12. The molecule has 0 atom stereocenters. The molecule has 0 aliphatic carbocycles. The highest BCUT2D eigenvalue weighted by atomic mass is 15.3. The molecule has 0 aliphatic rings. The molecular formula is C63H39N9. The van der Waals surface area contributed by atoms with Crippen molar-refractivity contribution < 1.29 is 0 Å². The van der Waals surface area contributed by atoms with Gasteiger partial charge in [-0.3, -0.25) is 22.8 Å². The van der Waals surface area contributed by atoms with Gasteiger partial charge in [-0.25, -0.2) is 0 Å². The molecule has 9 aromatic carbocycles. The zero-order chi connectivity index (χ0) is 47.0. The molecule has 9 heteroatoms. The Morgan fingerprint density at radius 3 is 0.833 bits per heavy atom. The van der Waals surface area contributed by atoms with Crippen molar-refractivity contribution in [2.45, 2.75) is 0 Å². The molecule has 16 rings (SSSR count). The molecule has 0 N–H and O–H groups in total. The van der Waals surface area contributed by atoms with Crippen LogP contribution in [0, 0.1) is 0 Å². The fourth-order valence-electron chi connectivity index (χ4n) is 11.9. The smallest absolute Gasteiger partial charge is 0.242 e. The van der Waals surface area contributed by atoms with Crippen molar-refractivity contribution in [1.29, 1.82) is 0 Å². The third-order valence-electron chi connectivity index (χ3n) is 14.7. The summed E-state index contributed by atoms with van der Waals surface area (Å²) in [6.07, 6.45) is 0. The number of rotatable bonds is 6. The van der Waals surface area contributed by atoms with Crippen LogP contribution in [0.5, 0.6) is 0 Å². The second-order valence-electron chi connectivity index (χ2n) is 18.5. The number of hydrogen-bond acceptors (Lipinski definition) is 3. The van der Waals surface area contributed by atoms with Gasteiger partial charge in [0.15, 0.2) is 0 Å². The van der Waals surface area contributed by atoms with Crippen LogP contribution >= 0.6 is 0 Å². The van der Waals surface area contributed by atoms with Gasteiger partial charge in [-0.1, -0.05) is 164 Å². The summed E-state index contributed by atoms with van der Waals surface area (Å²) in [5.41, 5.74) is 13.5. The van der Waals surface area contributed by atoms with Crippen molar-refractivity contribution in [3.05, 3.63) is 237 Å². The van der Waals surface area contributed by atoms with E-state index in [0.29, 0.717) is 17.8 Å². The first-order chi connectivity index (χ1) is 35.8. The van der Waals surface area contributed by atoms with E-state index in [0.717, 1.165) is 116 Å². The van der Waals surface area contributed by atoms with Crippen LogP contribution in [0.3, 0.4) is 0 Å². The third kappa shape index (κ3) is 5.22. The Morgan fingerprint density at radius 2 is 0.458 bits per heavy atom. The topological polar surface area (TPSA) is 68.2 Å². The summed E-state index contributed by atoms with van der Waals surface area (Å²) in [5, 5.41) is 8.97. The van der Waals surface area contributed by atoms with E-state index in [1.54, 1.807) is 0 Å². The largest absolute Gasteiger partial charge is 0.307 e. The Labute approximate surface area is 410 Å². The van der Waals surface area contributed by atoms with Gasteiger partial charge in [-0.15, -0.1) is 0 Å². The van der Waals surface area contributed by atoms with Crippen LogP contribution in [0.4, 0.5) is 0 Å². The van der Waals surface area contributed by atoms with Gasteiger partial charge in [-0.2, -0.15) is 15.0 Å². The molecule has 72 heavy (non-hydrogen) atoms. The third-order valence-corrected chi connectivity index (χ3v) is 14.7. The molecule has 0 amide bonds. The van der Waals surface area contributed by atoms with Gasteiger partial charge >= 0.3 is 0 Å². The molecular weight excluding hydrogens is 883 g/mol. The molecule has 0 bridgehead atoms. The Hall–Kier alpha value is -9.99. The minimum absolute atomic E-state index is 0.493. The van der Waals surface area contributed by atoms with Gasteiger partial charge in [0.2, 0.25) is 17.8 Å². The van der Waals surface area contributed by atoms with Gasteiger partial charge in [0.25, 0.3) is 0 Å². The minimum atomic E-state index is 0.493. The molecule has 0 unspecified atom stereocenters. The maximum absolute atomic E-state index is 5.77. The Bertz CT molecular complexity index is 4640. The van der Waals surface area contributed by atoms with Crippen LogP contribution in [0.1, 0.15) is 0 Å². The standard InChI is InChI=1S/C63H39N9/c1-4-22-40(23-5-1)67-53-38-20-14-32-47(53)58-57(67)48-33-15-21-39-54(48)70(58)61-64-62(71-51-36-18-12-30-45(51)55-43-28-10-16-34-49(43)68(59(55)71)41-24-6-2-7-25-41)66-63(65-61)72-52-37-19-13-31-46(52)56-44-29-11-17-35-50(44)69(60(56)72)42-26-8-3-9-27-42/h1-39H. The number of fused-ring (bicyclic) bond motifs is 15. The van der Waals surface area contributed by atoms with E-state index in [4.69, 9.17) is 15.0 Å². The molecule has 7 heterocycles. The van der Waals surface area contributed by atoms with E-state index >= 15 is 0 Å².